The minimum atomic E-state index is -0.591. The summed E-state index contributed by atoms with van der Waals surface area (Å²) in [5.74, 6) is 0.432. The summed E-state index contributed by atoms with van der Waals surface area (Å²) in [6.45, 7) is 5.00. The van der Waals surface area contributed by atoms with Gasteiger partial charge in [-0.25, -0.2) is 4.79 Å². The van der Waals surface area contributed by atoms with Crippen LogP contribution in [0.4, 0.5) is 4.79 Å². The zero-order valence-corrected chi connectivity index (χ0v) is 16.3. The van der Waals surface area contributed by atoms with Gasteiger partial charge in [0.25, 0.3) is 0 Å². The number of rotatable bonds is 7. The molecule has 2 N–H and O–H groups in total. The summed E-state index contributed by atoms with van der Waals surface area (Å²) in [6.07, 6.45) is 0. The van der Waals surface area contributed by atoms with E-state index in [1.807, 2.05) is 68.3 Å². The van der Waals surface area contributed by atoms with Crippen LogP contribution in [0.1, 0.15) is 22.7 Å². The lowest BCUT2D eigenvalue weighted by atomic mass is 10.0. The van der Waals surface area contributed by atoms with Crippen molar-refractivity contribution >= 4 is 11.9 Å². The number of imide groups is 1. The number of carbonyl (C=O) groups is 2. The van der Waals surface area contributed by atoms with Gasteiger partial charge in [0.05, 0.1) is 0 Å². The lowest BCUT2D eigenvalue weighted by Crippen LogP contribution is -2.45. The van der Waals surface area contributed by atoms with E-state index < -0.39 is 12.1 Å². The minimum Gasteiger partial charge on any atom is -0.492 e. The van der Waals surface area contributed by atoms with E-state index in [0.29, 0.717) is 13.2 Å². The largest absolute Gasteiger partial charge is 0.492 e. The Morgan fingerprint density at radius 1 is 1.07 bits per heavy atom. The molecule has 2 rings (SSSR count). The number of ether oxygens (including phenoxy) is 1. The highest BCUT2D eigenvalue weighted by atomic mass is 16.5. The standard InChI is InChI=1S/C21H27N3O3/c1-15-12-16(2)14-18(13-15)27-11-10-24(4)19(17-8-6-5-7-9-17)20(25)23-21(26)22-3/h5-9,12-14,19H,10-11H2,1-4H3,(H2,22,23,25,26). The fourth-order valence-electron chi connectivity index (χ4n) is 2.94. The van der Waals surface area contributed by atoms with Crippen molar-refractivity contribution in [2.24, 2.45) is 0 Å². The van der Waals surface area contributed by atoms with E-state index in [2.05, 4.69) is 16.7 Å². The van der Waals surface area contributed by atoms with Crippen molar-refractivity contribution < 1.29 is 14.3 Å². The average molecular weight is 369 g/mol. The Kier molecular flexibility index (Phi) is 7.37. The van der Waals surface area contributed by atoms with E-state index in [-0.39, 0.29) is 5.91 Å². The van der Waals surface area contributed by atoms with Gasteiger partial charge in [-0.3, -0.25) is 15.0 Å². The molecule has 0 aliphatic rings. The van der Waals surface area contributed by atoms with Gasteiger partial charge < -0.3 is 10.1 Å². The number of nitrogens with one attached hydrogen (secondary N) is 2. The monoisotopic (exact) mass is 369 g/mol. The second-order valence-electron chi connectivity index (χ2n) is 6.53. The number of carbonyl (C=O) groups excluding carboxylic acids is 2. The van der Waals surface area contributed by atoms with E-state index in [4.69, 9.17) is 4.74 Å². The second-order valence-corrected chi connectivity index (χ2v) is 6.53. The Morgan fingerprint density at radius 2 is 1.70 bits per heavy atom. The Hall–Kier alpha value is -2.86. The van der Waals surface area contributed by atoms with Gasteiger partial charge in [-0.2, -0.15) is 0 Å². The first kappa shape index (κ1) is 20.5. The van der Waals surface area contributed by atoms with Gasteiger partial charge in [-0.05, 0) is 49.7 Å². The molecular weight excluding hydrogens is 342 g/mol. The van der Waals surface area contributed by atoms with E-state index in [9.17, 15) is 9.59 Å². The van der Waals surface area contributed by atoms with Crippen LogP contribution in [-0.4, -0.2) is 44.1 Å². The number of urea groups is 1. The SMILES string of the molecule is CNC(=O)NC(=O)C(c1ccccc1)N(C)CCOc1cc(C)cc(C)c1. The Balaban J connectivity index is 2.05. The van der Waals surface area contributed by atoms with Gasteiger partial charge >= 0.3 is 6.03 Å². The van der Waals surface area contributed by atoms with Crippen molar-refractivity contribution in [1.82, 2.24) is 15.5 Å². The molecule has 6 heteroatoms. The van der Waals surface area contributed by atoms with Gasteiger partial charge in [-0.15, -0.1) is 0 Å². The molecule has 0 saturated heterocycles. The molecule has 0 aromatic heterocycles. The van der Waals surface area contributed by atoms with Gasteiger partial charge in [0, 0.05) is 13.6 Å². The third-order valence-corrected chi connectivity index (χ3v) is 4.18. The van der Waals surface area contributed by atoms with Crippen molar-refractivity contribution in [2.75, 3.05) is 27.2 Å². The maximum atomic E-state index is 12.6. The molecule has 0 aliphatic heterocycles. The first-order chi connectivity index (χ1) is 12.9. The van der Waals surface area contributed by atoms with Crippen LogP contribution in [0.3, 0.4) is 0 Å². The topological polar surface area (TPSA) is 70.7 Å². The lowest BCUT2D eigenvalue weighted by Gasteiger charge is -2.27. The van der Waals surface area contributed by atoms with Gasteiger partial charge in [-0.1, -0.05) is 36.4 Å². The fraction of sp³-hybridized carbons (Fsp3) is 0.333. The summed E-state index contributed by atoms with van der Waals surface area (Å²) in [6, 6.07) is 14.3. The molecule has 0 heterocycles. The summed E-state index contributed by atoms with van der Waals surface area (Å²) in [5.41, 5.74) is 3.10. The predicted molar refractivity (Wildman–Crippen MR) is 106 cm³/mol. The molecule has 1 unspecified atom stereocenters. The van der Waals surface area contributed by atoms with Crippen molar-refractivity contribution in [3.05, 3.63) is 65.2 Å². The average Bonchev–Trinajstić information content (AvgIpc) is 2.62. The number of hydrogen-bond donors (Lipinski definition) is 2. The van der Waals surface area contributed by atoms with Crippen LogP contribution < -0.4 is 15.4 Å². The quantitative estimate of drug-likeness (QED) is 0.787. The Bertz CT molecular complexity index is 757. The van der Waals surface area contributed by atoms with Gasteiger partial charge in [0.15, 0.2) is 0 Å². The molecule has 0 fully saturated rings. The molecule has 0 radical (unpaired) electrons. The molecule has 2 aromatic rings. The van der Waals surface area contributed by atoms with E-state index in [1.54, 1.807) is 0 Å². The predicted octanol–water partition coefficient (Wildman–Crippen LogP) is 2.81. The smallest absolute Gasteiger partial charge is 0.321 e. The van der Waals surface area contributed by atoms with Crippen LogP contribution in [0, 0.1) is 13.8 Å². The van der Waals surface area contributed by atoms with Crippen molar-refractivity contribution in [3.63, 3.8) is 0 Å². The first-order valence-corrected chi connectivity index (χ1v) is 8.89. The number of aryl methyl sites for hydroxylation is 2. The summed E-state index contributed by atoms with van der Waals surface area (Å²) >= 11 is 0. The Morgan fingerprint density at radius 3 is 2.30 bits per heavy atom. The normalized spacial score (nSPS) is 11.7. The van der Waals surface area contributed by atoms with E-state index in [0.717, 1.165) is 22.4 Å². The molecule has 6 nitrogen and oxygen atoms in total. The summed E-state index contributed by atoms with van der Waals surface area (Å²) in [5, 5.41) is 4.76. The van der Waals surface area contributed by atoms with Crippen molar-refractivity contribution in [1.29, 1.82) is 0 Å². The zero-order valence-electron chi connectivity index (χ0n) is 16.3. The maximum Gasteiger partial charge on any atom is 0.321 e. The van der Waals surface area contributed by atoms with Crippen LogP contribution in [0.15, 0.2) is 48.5 Å². The summed E-state index contributed by atoms with van der Waals surface area (Å²) < 4.78 is 5.85. The highest BCUT2D eigenvalue weighted by molar-refractivity contribution is 5.97. The van der Waals surface area contributed by atoms with Gasteiger partial charge in [0.1, 0.15) is 18.4 Å². The molecule has 0 spiro atoms. The molecule has 27 heavy (non-hydrogen) atoms. The van der Waals surface area contributed by atoms with Crippen LogP contribution in [0.5, 0.6) is 5.75 Å². The molecule has 1 atom stereocenters. The highest BCUT2D eigenvalue weighted by Crippen LogP contribution is 2.20. The fourth-order valence-corrected chi connectivity index (χ4v) is 2.94. The zero-order chi connectivity index (χ0) is 19.8. The number of hydrogen-bond acceptors (Lipinski definition) is 4. The minimum absolute atomic E-state index is 0.380. The lowest BCUT2D eigenvalue weighted by molar-refractivity contribution is -0.125. The van der Waals surface area contributed by atoms with Crippen LogP contribution >= 0.6 is 0 Å². The number of amides is 3. The molecule has 0 bridgehead atoms. The maximum absolute atomic E-state index is 12.6. The highest BCUT2D eigenvalue weighted by Gasteiger charge is 2.26. The van der Waals surface area contributed by atoms with Crippen molar-refractivity contribution in [2.45, 2.75) is 19.9 Å². The molecule has 0 saturated carbocycles. The van der Waals surface area contributed by atoms with Crippen molar-refractivity contribution in [3.8, 4) is 5.75 Å². The van der Waals surface area contributed by atoms with Crippen LogP contribution in [0.25, 0.3) is 0 Å². The van der Waals surface area contributed by atoms with E-state index in [1.165, 1.54) is 7.05 Å². The third kappa shape index (κ3) is 6.11. The number of likely N-dealkylation sites (N-methyl/N-ethyl adjacent to an activating group) is 1. The molecular formula is C21H27N3O3. The Labute approximate surface area is 160 Å². The van der Waals surface area contributed by atoms with Crippen LogP contribution in [-0.2, 0) is 4.79 Å². The molecule has 144 valence electrons. The second kappa shape index (κ2) is 9.73. The molecule has 0 aliphatic carbocycles. The molecule has 3 amide bonds. The number of nitrogens with zero attached hydrogens (tertiary/aromatic N) is 1. The van der Waals surface area contributed by atoms with Crippen LogP contribution in [0.2, 0.25) is 0 Å². The third-order valence-electron chi connectivity index (χ3n) is 4.18. The number of benzene rings is 2. The van der Waals surface area contributed by atoms with Gasteiger partial charge in [0.2, 0.25) is 5.91 Å². The summed E-state index contributed by atoms with van der Waals surface area (Å²) in [7, 11) is 3.31. The first-order valence-electron chi connectivity index (χ1n) is 8.89. The summed E-state index contributed by atoms with van der Waals surface area (Å²) in [4.78, 5) is 26.1. The van der Waals surface area contributed by atoms with E-state index >= 15 is 0 Å². The molecule has 2 aromatic carbocycles.